The first kappa shape index (κ1) is 17.7. The Kier molecular flexibility index (Phi) is 5.89. The molecular weight excluding hydrogens is 316 g/mol. The van der Waals surface area contributed by atoms with Gasteiger partial charge in [0.25, 0.3) is 0 Å². The van der Waals surface area contributed by atoms with Gasteiger partial charge in [-0.25, -0.2) is 9.48 Å². The molecule has 136 valence electrons. The lowest BCUT2D eigenvalue weighted by atomic mass is 9.79. The number of aromatic nitrogens is 3. The molecule has 1 fully saturated rings. The first-order valence-corrected chi connectivity index (χ1v) is 9.46. The van der Waals surface area contributed by atoms with Gasteiger partial charge in [-0.05, 0) is 30.4 Å². The van der Waals surface area contributed by atoms with Gasteiger partial charge in [-0.2, -0.15) is 0 Å². The molecule has 0 saturated heterocycles. The van der Waals surface area contributed by atoms with Crippen LogP contribution in [0.25, 0.3) is 5.65 Å². The van der Waals surface area contributed by atoms with Crippen molar-refractivity contribution in [3.63, 3.8) is 0 Å². The van der Waals surface area contributed by atoms with E-state index in [0.717, 1.165) is 0 Å². The lowest BCUT2D eigenvalue weighted by molar-refractivity contribution is -0.122. The van der Waals surface area contributed by atoms with Crippen LogP contribution in [0, 0.1) is 11.8 Å². The van der Waals surface area contributed by atoms with Crippen molar-refractivity contribution in [2.75, 3.05) is 6.54 Å². The number of carbonyl (C=O) groups is 1. The van der Waals surface area contributed by atoms with Crippen LogP contribution in [0.5, 0.6) is 0 Å². The lowest BCUT2D eigenvalue weighted by Crippen LogP contribution is -2.30. The first-order valence-electron chi connectivity index (χ1n) is 9.46. The maximum absolute atomic E-state index is 12.2. The number of nitrogens with zero attached hydrogens (tertiary/aromatic N) is 3. The number of pyridine rings is 1. The minimum absolute atomic E-state index is 0.125. The number of aryl methyl sites for hydroxylation is 1. The lowest BCUT2D eigenvalue weighted by Gasteiger charge is -2.27. The molecule has 2 aromatic heterocycles. The summed E-state index contributed by atoms with van der Waals surface area (Å²) in [4.78, 5) is 24.3. The minimum atomic E-state index is -0.132. The number of hydrogen-bond acceptors (Lipinski definition) is 3. The molecule has 25 heavy (non-hydrogen) atoms. The van der Waals surface area contributed by atoms with Crippen molar-refractivity contribution in [2.24, 2.45) is 11.8 Å². The average Bonchev–Trinajstić information content (AvgIpc) is 2.96. The smallest absolute Gasteiger partial charge is 0.350 e. The largest absolute Gasteiger partial charge is 0.356 e. The first-order chi connectivity index (χ1) is 12.1. The monoisotopic (exact) mass is 344 g/mol. The second kappa shape index (κ2) is 8.32. The van der Waals surface area contributed by atoms with E-state index in [1.54, 1.807) is 6.20 Å². The third-order valence-electron chi connectivity index (χ3n) is 5.32. The van der Waals surface area contributed by atoms with E-state index in [4.69, 9.17) is 0 Å². The van der Waals surface area contributed by atoms with Crippen molar-refractivity contribution in [2.45, 2.75) is 58.4 Å². The molecule has 0 bridgehead atoms. The number of hydrogen-bond donors (Lipinski definition) is 1. The van der Waals surface area contributed by atoms with Gasteiger partial charge < -0.3 is 5.32 Å². The van der Waals surface area contributed by atoms with Gasteiger partial charge in [0, 0.05) is 25.7 Å². The van der Waals surface area contributed by atoms with Crippen LogP contribution < -0.4 is 11.0 Å². The Bertz CT molecular complexity index is 758. The number of rotatable bonds is 7. The molecule has 1 atom stereocenters. The van der Waals surface area contributed by atoms with Crippen LogP contribution in [-0.2, 0) is 11.3 Å². The van der Waals surface area contributed by atoms with Gasteiger partial charge in [0.2, 0.25) is 5.91 Å². The summed E-state index contributed by atoms with van der Waals surface area (Å²) >= 11 is 0. The highest BCUT2D eigenvalue weighted by molar-refractivity contribution is 5.76. The quantitative estimate of drug-likeness (QED) is 0.785. The molecule has 1 unspecified atom stereocenters. The van der Waals surface area contributed by atoms with Gasteiger partial charge >= 0.3 is 5.69 Å². The summed E-state index contributed by atoms with van der Waals surface area (Å²) in [5, 5.41) is 7.28. The fraction of sp³-hybridized carbons (Fsp3) is 0.632. The molecule has 0 aromatic carbocycles. The molecule has 1 N–H and O–H groups in total. The van der Waals surface area contributed by atoms with E-state index < -0.39 is 0 Å². The molecule has 3 rings (SSSR count). The molecule has 1 amide bonds. The van der Waals surface area contributed by atoms with Crippen molar-refractivity contribution in [1.29, 1.82) is 0 Å². The summed E-state index contributed by atoms with van der Waals surface area (Å²) in [5.41, 5.74) is 0.519. The molecule has 2 aromatic rings. The van der Waals surface area contributed by atoms with Gasteiger partial charge in [-0.1, -0.05) is 45.1 Å². The zero-order chi connectivity index (χ0) is 17.6. The third-order valence-corrected chi connectivity index (χ3v) is 5.32. The van der Waals surface area contributed by atoms with Crippen molar-refractivity contribution < 1.29 is 4.79 Å². The third kappa shape index (κ3) is 4.50. The second-order valence-electron chi connectivity index (χ2n) is 7.22. The fourth-order valence-electron chi connectivity index (χ4n) is 3.80. The predicted octanol–water partition coefficient (Wildman–Crippen LogP) is 2.61. The van der Waals surface area contributed by atoms with Crippen molar-refractivity contribution in [1.82, 2.24) is 19.5 Å². The predicted molar refractivity (Wildman–Crippen MR) is 97.4 cm³/mol. The van der Waals surface area contributed by atoms with Crippen LogP contribution in [0.2, 0.25) is 0 Å². The molecule has 0 spiro atoms. The normalized spacial score (nSPS) is 16.8. The van der Waals surface area contributed by atoms with Crippen molar-refractivity contribution >= 4 is 11.6 Å². The van der Waals surface area contributed by atoms with Gasteiger partial charge in [-0.3, -0.25) is 9.20 Å². The van der Waals surface area contributed by atoms with E-state index in [0.29, 0.717) is 43.4 Å². The Morgan fingerprint density at radius 2 is 2.12 bits per heavy atom. The topological polar surface area (TPSA) is 68.4 Å². The summed E-state index contributed by atoms with van der Waals surface area (Å²) in [6.07, 6.45) is 9.53. The van der Waals surface area contributed by atoms with Gasteiger partial charge in [0.1, 0.15) is 0 Å². The SMILES string of the molecule is CC(CC(=O)NCCCn1nc2ccccn2c1=O)C1CCCCC1. The van der Waals surface area contributed by atoms with Crippen molar-refractivity contribution in [3.05, 3.63) is 34.9 Å². The van der Waals surface area contributed by atoms with E-state index in [1.165, 1.54) is 41.2 Å². The number of carbonyl (C=O) groups excluding carboxylic acids is 1. The van der Waals surface area contributed by atoms with Crippen LogP contribution >= 0.6 is 0 Å². The number of fused-ring (bicyclic) bond motifs is 1. The zero-order valence-corrected chi connectivity index (χ0v) is 15.0. The maximum Gasteiger partial charge on any atom is 0.350 e. The molecule has 0 radical (unpaired) electrons. The maximum atomic E-state index is 12.2. The Labute approximate surface area is 148 Å². The van der Waals surface area contributed by atoms with E-state index in [1.807, 2.05) is 18.2 Å². The number of amides is 1. The Balaban J connectivity index is 1.41. The highest BCUT2D eigenvalue weighted by atomic mass is 16.2. The highest BCUT2D eigenvalue weighted by Crippen LogP contribution is 2.31. The fourth-order valence-corrected chi connectivity index (χ4v) is 3.80. The minimum Gasteiger partial charge on any atom is -0.356 e. The standard InChI is InChI=1S/C19H28N4O2/c1-15(16-8-3-2-4-9-16)14-18(24)20-11-7-13-23-19(25)22-12-6-5-10-17(22)21-23/h5-6,10,12,15-16H,2-4,7-9,11,13-14H2,1H3,(H,20,24). The van der Waals surface area contributed by atoms with E-state index in [-0.39, 0.29) is 11.6 Å². The van der Waals surface area contributed by atoms with Gasteiger partial charge in [0.05, 0.1) is 0 Å². The van der Waals surface area contributed by atoms with E-state index >= 15 is 0 Å². The summed E-state index contributed by atoms with van der Waals surface area (Å²) in [6.45, 7) is 3.29. The Morgan fingerprint density at radius 1 is 1.32 bits per heavy atom. The van der Waals surface area contributed by atoms with Crippen molar-refractivity contribution in [3.8, 4) is 0 Å². The molecule has 1 aliphatic rings. The van der Waals surface area contributed by atoms with Crippen LogP contribution in [-0.4, -0.2) is 26.6 Å². The molecular formula is C19H28N4O2. The number of nitrogens with one attached hydrogen (secondary N) is 1. The molecule has 6 heteroatoms. The average molecular weight is 344 g/mol. The molecule has 1 saturated carbocycles. The second-order valence-corrected chi connectivity index (χ2v) is 7.22. The van der Waals surface area contributed by atoms with E-state index in [2.05, 4.69) is 17.3 Å². The molecule has 2 heterocycles. The Morgan fingerprint density at radius 3 is 2.88 bits per heavy atom. The molecule has 1 aliphatic carbocycles. The summed E-state index contributed by atoms with van der Waals surface area (Å²) < 4.78 is 3.00. The summed E-state index contributed by atoms with van der Waals surface area (Å²) in [6, 6.07) is 5.49. The molecule has 6 nitrogen and oxygen atoms in total. The van der Waals surface area contributed by atoms with Crippen LogP contribution in [0.4, 0.5) is 0 Å². The Hall–Kier alpha value is -2.11. The van der Waals surface area contributed by atoms with Crippen LogP contribution in [0.15, 0.2) is 29.2 Å². The highest BCUT2D eigenvalue weighted by Gasteiger charge is 2.21. The van der Waals surface area contributed by atoms with Crippen LogP contribution in [0.1, 0.15) is 51.9 Å². The summed E-state index contributed by atoms with van der Waals surface area (Å²) in [7, 11) is 0. The van der Waals surface area contributed by atoms with Crippen LogP contribution in [0.3, 0.4) is 0 Å². The summed E-state index contributed by atoms with van der Waals surface area (Å²) in [5.74, 6) is 1.29. The van der Waals surface area contributed by atoms with Gasteiger partial charge in [0.15, 0.2) is 5.65 Å². The van der Waals surface area contributed by atoms with E-state index in [9.17, 15) is 9.59 Å². The zero-order valence-electron chi connectivity index (χ0n) is 15.0. The molecule has 0 aliphatic heterocycles. The van der Waals surface area contributed by atoms with Gasteiger partial charge in [-0.15, -0.1) is 5.10 Å².